The molecule has 0 bridgehead atoms. The number of anilines is 1. The van der Waals surface area contributed by atoms with Crippen LogP contribution < -0.4 is 5.32 Å². The number of aromatic nitrogens is 4. The molecule has 0 aromatic carbocycles. The normalized spacial score (nSPS) is 10.7. The molecule has 0 saturated carbocycles. The summed E-state index contributed by atoms with van der Waals surface area (Å²) in [6.45, 7) is 7.06. The van der Waals surface area contributed by atoms with Crippen LogP contribution >= 0.6 is 0 Å². The first-order valence-electron chi connectivity index (χ1n) is 6.21. The molecule has 0 spiro atoms. The second kappa shape index (κ2) is 5.16. The molecule has 0 saturated heterocycles. The molecule has 0 unspecified atom stereocenters. The van der Waals surface area contributed by atoms with Crippen LogP contribution in [0.2, 0.25) is 0 Å². The Bertz CT molecular complexity index is 544. The largest absolute Gasteiger partial charge is 0.370 e. The van der Waals surface area contributed by atoms with Crippen molar-refractivity contribution < 1.29 is 0 Å². The fourth-order valence-corrected chi connectivity index (χ4v) is 1.93. The van der Waals surface area contributed by atoms with Crippen molar-refractivity contribution in [2.24, 2.45) is 7.05 Å². The van der Waals surface area contributed by atoms with Crippen LogP contribution in [0.5, 0.6) is 0 Å². The molecule has 2 heterocycles. The highest BCUT2D eigenvalue weighted by molar-refractivity contribution is 5.62. The number of nitrogens with one attached hydrogen (secondary N) is 1. The van der Waals surface area contributed by atoms with Crippen LogP contribution in [-0.2, 0) is 7.05 Å². The van der Waals surface area contributed by atoms with Crippen molar-refractivity contribution in [1.82, 2.24) is 19.7 Å². The number of nitrogens with zero attached hydrogens (tertiary/aromatic N) is 4. The third-order valence-corrected chi connectivity index (χ3v) is 2.94. The zero-order valence-electron chi connectivity index (χ0n) is 11.4. The number of rotatable bonds is 4. The third-order valence-electron chi connectivity index (χ3n) is 2.94. The van der Waals surface area contributed by atoms with Crippen molar-refractivity contribution in [2.75, 3.05) is 11.9 Å². The van der Waals surface area contributed by atoms with Gasteiger partial charge in [0.05, 0.1) is 11.3 Å². The molecule has 0 aliphatic rings. The fourth-order valence-electron chi connectivity index (χ4n) is 1.93. The summed E-state index contributed by atoms with van der Waals surface area (Å²) >= 11 is 0. The van der Waals surface area contributed by atoms with Crippen LogP contribution in [0.4, 0.5) is 5.82 Å². The minimum atomic E-state index is 0.735. The van der Waals surface area contributed by atoms with Crippen LogP contribution in [0.25, 0.3) is 11.4 Å². The van der Waals surface area contributed by atoms with Crippen LogP contribution in [0, 0.1) is 13.8 Å². The molecule has 18 heavy (non-hydrogen) atoms. The third kappa shape index (κ3) is 2.34. The Hall–Kier alpha value is -1.91. The maximum absolute atomic E-state index is 4.54. The summed E-state index contributed by atoms with van der Waals surface area (Å²) in [6.07, 6.45) is 2.86. The zero-order chi connectivity index (χ0) is 13.1. The SMILES string of the molecule is CCCNc1ccnc(-c2c(C)nn(C)c2C)n1. The summed E-state index contributed by atoms with van der Waals surface area (Å²) in [5.74, 6) is 1.60. The Labute approximate surface area is 107 Å². The Morgan fingerprint density at radius 2 is 2.11 bits per heavy atom. The molecular weight excluding hydrogens is 226 g/mol. The monoisotopic (exact) mass is 245 g/mol. The first-order chi connectivity index (χ1) is 8.63. The van der Waals surface area contributed by atoms with E-state index in [9.17, 15) is 0 Å². The Balaban J connectivity index is 2.38. The van der Waals surface area contributed by atoms with Gasteiger partial charge in [0.1, 0.15) is 5.82 Å². The van der Waals surface area contributed by atoms with Crippen molar-refractivity contribution in [2.45, 2.75) is 27.2 Å². The predicted octanol–water partition coefficient (Wildman–Crippen LogP) is 2.32. The first-order valence-corrected chi connectivity index (χ1v) is 6.21. The van der Waals surface area contributed by atoms with Gasteiger partial charge in [-0.2, -0.15) is 5.10 Å². The van der Waals surface area contributed by atoms with Crippen molar-refractivity contribution in [1.29, 1.82) is 0 Å². The summed E-state index contributed by atoms with van der Waals surface area (Å²) in [6, 6.07) is 1.89. The zero-order valence-corrected chi connectivity index (χ0v) is 11.4. The van der Waals surface area contributed by atoms with E-state index in [4.69, 9.17) is 0 Å². The molecule has 0 radical (unpaired) electrons. The molecule has 1 N–H and O–H groups in total. The molecule has 96 valence electrons. The van der Waals surface area contributed by atoms with Crippen LogP contribution in [0.15, 0.2) is 12.3 Å². The maximum atomic E-state index is 4.54. The predicted molar refractivity (Wildman–Crippen MR) is 72.5 cm³/mol. The number of aryl methyl sites for hydroxylation is 2. The van der Waals surface area contributed by atoms with E-state index in [1.165, 1.54) is 0 Å². The molecule has 0 atom stereocenters. The van der Waals surface area contributed by atoms with Gasteiger partial charge in [-0.15, -0.1) is 0 Å². The lowest BCUT2D eigenvalue weighted by Crippen LogP contribution is -2.03. The van der Waals surface area contributed by atoms with E-state index in [0.717, 1.165) is 41.6 Å². The lowest BCUT2D eigenvalue weighted by molar-refractivity contribution is 0.731. The van der Waals surface area contributed by atoms with Gasteiger partial charge in [0, 0.05) is 25.5 Å². The van der Waals surface area contributed by atoms with Crippen molar-refractivity contribution in [3.8, 4) is 11.4 Å². The average Bonchev–Trinajstić information content (AvgIpc) is 2.61. The van der Waals surface area contributed by atoms with E-state index < -0.39 is 0 Å². The minimum absolute atomic E-state index is 0.735. The standard InChI is InChI=1S/C13H19N5/c1-5-7-14-11-6-8-15-13(16-11)12-9(2)17-18(4)10(12)3/h6,8H,5,7H2,1-4H3,(H,14,15,16). The summed E-state index contributed by atoms with van der Waals surface area (Å²) in [4.78, 5) is 8.89. The van der Waals surface area contributed by atoms with Crippen molar-refractivity contribution in [3.05, 3.63) is 23.7 Å². The Kier molecular flexibility index (Phi) is 3.60. The molecule has 5 nitrogen and oxygen atoms in total. The van der Waals surface area contributed by atoms with Gasteiger partial charge in [-0.3, -0.25) is 4.68 Å². The first kappa shape index (κ1) is 12.5. The molecule has 0 amide bonds. The van der Waals surface area contributed by atoms with Gasteiger partial charge < -0.3 is 5.32 Å². The van der Waals surface area contributed by atoms with Gasteiger partial charge in [-0.25, -0.2) is 9.97 Å². The lowest BCUT2D eigenvalue weighted by Gasteiger charge is -2.06. The molecule has 2 aromatic rings. The maximum Gasteiger partial charge on any atom is 0.165 e. The fraction of sp³-hybridized carbons (Fsp3) is 0.462. The van der Waals surface area contributed by atoms with Crippen molar-refractivity contribution >= 4 is 5.82 Å². The topological polar surface area (TPSA) is 55.6 Å². The van der Waals surface area contributed by atoms with E-state index >= 15 is 0 Å². The van der Waals surface area contributed by atoms with E-state index in [2.05, 4.69) is 27.3 Å². The summed E-state index contributed by atoms with van der Waals surface area (Å²) < 4.78 is 1.86. The number of hydrogen-bond donors (Lipinski definition) is 1. The van der Waals surface area contributed by atoms with E-state index in [-0.39, 0.29) is 0 Å². The highest BCUT2D eigenvalue weighted by Crippen LogP contribution is 2.23. The van der Waals surface area contributed by atoms with Crippen LogP contribution in [0.1, 0.15) is 24.7 Å². The van der Waals surface area contributed by atoms with E-state index in [0.29, 0.717) is 0 Å². The molecule has 0 aliphatic carbocycles. The number of hydrogen-bond acceptors (Lipinski definition) is 4. The van der Waals surface area contributed by atoms with E-state index in [1.807, 2.05) is 31.6 Å². The van der Waals surface area contributed by atoms with Crippen LogP contribution in [-0.4, -0.2) is 26.3 Å². The van der Waals surface area contributed by atoms with Gasteiger partial charge in [-0.05, 0) is 26.3 Å². The summed E-state index contributed by atoms with van der Waals surface area (Å²) in [7, 11) is 1.94. The molecule has 0 fully saturated rings. The Morgan fingerprint density at radius 3 is 2.72 bits per heavy atom. The van der Waals surface area contributed by atoms with E-state index in [1.54, 1.807) is 6.20 Å². The molecular formula is C13H19N5. The highest BCUT2D eigenvalue weighted by Gasteiger charge is 2.14. The van der Waals surface area contributed by atoms with Gasteiger partial charge in [-0.1, -0.05) is 6.92 Å². The second-order valence-corrected chi connectivity index (χ2v) is 4.36. The molecule has 2 aromatic heterocycles. The summed E-state index contributed by atoms with van der Waals surface area (Å²) in [5.41, 5.74) is 3.07. The van der Waals surface area contributed by atoms with Gasteiger partial charge in [0.25, 0.3) is 0 Å². The lowest BCUT2D eigenvalue weighted by atomic mass is 10.2. The summed E-state index contributed by atoms with van der Waals surface area (Å²) in [5, 5.41) is 7.67. The molecule has 5 heteroatoms. The highest BCUT2D eigenvalue weighted by atomic mass is 15.3. The molecule has 2 rings (SSSR count). The average molecular weight is 245 g/mol. The van der Waals surface area contributed by atoms with Gasteiger partial charge in [0.2, 0.25) is 0 Å². The van der Waals surface area contributed by atoms with Gasteiger partial charge >= 0.3 is 0 Å². The Morgan fingerprint density at radius 1 is 1.33 bits per heavy atom. The quantitative estimate of drug-likeness (QED) is 0.898. The van der Waals surface area contributed by atoms with Crippen molar-refractivity contribution in [3.63, 3.8) is 0 Å². The molecule has 0 aliphatic heterocycles. The van der Waals surface area contributed by atoms with Gasteiger partial charge in [0.15, 0.2) is 5.82 Å². The smallest absolute Gasteiger partial charge is 0.165 e. The second-order valence-electron chi connectivity index (χ2n) is 4.36. The minimum Gasteiger partial charge on any atom is -0.370 e. The van der Waals surface area contributed by atoms with Crippen LogP contribution in [0.3, 0.4) is 0 Å².